The predicted octanol–water partition coefficient (Wildman–Crippen LogP) is 2.69. The van der Waals surface area contributed by atoms with Crippen LogP contribution in [0.25, 0.3) is 11.1 Å². The van der Waals surface area contributed by atoms with Crippen molar-refractivity contribution in [2.75, 3.05) is 32.9 Å². The second-order valence-electron chi connectivity index (χ2n) is 6.84. The standard InChI is InChI=1S/C22H19N3O5/c23-13-20(21(26)25-9-11-28-12-10-25)24-30-22(27)29-14-19-17-7-3-1-5-15(17)16-6-2-4-8-18(16)19/h1-8,19H,9-12,14H2/b24-20+. The smallest absolute Gasteiger partial charge is 0.432 e. The molecular formula is C22H19N3O5. The zero-order valence-electron chi connectivity index (χ0n) is 16.1. The summed E-state index contributed by atoms with van der Waals surface area (Å²) >= 11 is 0. The van der Waals surface area contributed by atoms with E-state index in [1.54, 1.807) is 6.07 Å². The Labute approximate surface area is 173 Å². The molecule has 1 amide bonds. The van der Waals surface area contributed by atoms with Crippen LogP contribution >= 0.6 is 0 Å². The van der Waals surface area contributed by atoms with E-state index in [2.05, 4.69) is 9.99 Å². The number of fused-ring (bicyclic) bond motifs is 3. The molecule has 0 N–H and O–H groups in total. The molecule has 0 aromatic heterocycles. The van der Waals surface area contributed by atoms with Crippen LogP contribution in [0.3, 0.4) is 0 Å². The SMILES string of the molecule is N#C/C(=N\OC(=O)OCC1c2ccccc2-c2ccccc21)C(=O)N1CCOCC1. The number of ether oxygens (including phenoxy) is 2. The fraction of sp³-hybridized carbons (Fsp3) is 0.273. The van der Waals surface area contributed by atoms with E-state index in [0.29, 0.717) is 26.3 Å². The number of hydrogen-bond acceptors (Lipinski definition) is 7. The van der Waals surface area contributed by atoms with E-state index in [1.165, 1.54) is 4.90 Å². The summed E-state index contributed by atoms with van der Waals surface area (Å²) in [5.74, 6) is -0.730. The number of amides is 1. The lowest BCUT2D eigenvalue weighted by molar-refractivity contribution is -0.128. The minimum absolute atomic E-state index is 0.0572. The molecule has 0 bridgehead atoms. The third kappa shape index (κ3) is 3.88. The highest BCUT2D eigenvalue weighted by molar-refractivity contribution is 6.44. The van der Waals surface area contributed by atoms with Crippen molar-refractivity contribution in [1.82, 2.24) is 4.90 Å². The van der Waals surface area contributed by atoms with Gasteiger partial charge in [0.15, 0.2) is 0 Å². The summed E-state index contributed by atoms with van der Waals surface area (Å²) < 4.78 is 10.4. The maximum absolute atomic E-state index is 12.3. The van der Waals surface area contributed by atoms with Crippen molar-refractivity contribution in [3.63, 3.8) is 0 Å². The molecule has 0 spiro atoms. The van der Waals surface area contributed by atoms with Gasteiger partial charge in [0.05, 0.1) is 13.2 Å². The van der Waals surface area contributed by atoms with Crippen molar-refractivity contribution >= 4 is 17.8 Å². The number of rotatable bonds is 4. The maximum Gasteiger partial charge on any atom is 0.535 e. The van der Waals surface area contributed by atoms with Crippen LogP contribution in [0.5, 0.6) is 0 Å². The van der Waals surface area contributed by atoms with E-state index in [1.807, 2.05) is 48.5 Å². The van der Waals surface area contributed by atoms with E-state index in [9.17, 15) is 9.59 Å². The van der Waals surface area contributed by atoms with Gasteiger partial charge in [-0.1, -0.05) is 53.7 Å². The van der Waals surface area contributed by atoms with Crippen molar-refractivity contribution in [1.29, 1.82) is 5.26 Å². The van der Waals surface area contributed by atoms with Gasteiger partial charge in [-0.2, -0.15) is 5.26 Å². The van der Waals surface area contributed by atoms with Crippen LogP contribution in [0.1, 0.15) is 17.0 Å². The van der Waals surface area contributed by atoms with Crippen LogP contribution in [-0.2, 0) is 19.1 Å². The average molecular weight is 405 g/mol. The molecule has 0 saturated carbocycles. The molecule has 2 aliphatic rings. The van der Waals surface area contributed by atoms with Crippen LogP contribution in [0.2, 0.25) is 0 Å². The Balaban J connectivity index is 1.40. The van der Waals surface area contributed by atoms with Gasteiger partial charge in [-0.15, -0.1) is 0 Å². The highest BCUT2D eigenvalue weighted by Gasteiger charge is 2.29. The summed E-state index contributed by atoms with van der Waals surface area (Å²) in [5, 5.41) is 12.6. The summed E-state index contributed by atoms with van der Waals surface area (Å²) in [4.78, 5) is 30.4. The number of nitriles is 1. The van der Waals surface area contributed by atoms with Crippen molar-refractivity contribution in [2.45, 2.75) is 5.92 Å². The molecule has 2 aromatic rings. The van der Waals surface area contributed by atoms with Crippen LogP contribution in [0.4, 0.5) is 4.79 Å². The number of morpholine rings is 1. The zero-order valence-corrected chi connectivity index (χ0v) is 16.1. The number of hydrogen-bond donors (Lipinski definition) is 0. The Morgan fingerprint density at radius 2 is 1.67 bits per heavy atom. The number of oxime groups is 1. The summed E-state index contributed by atoms with van der Waals surface area (Å²) in [6.07, 6.45) is -1.07. The summed E-state index contributed by atoms with van der Waals surface area (Å²) in [6.45, 7) is 1.53. The molecule has 1 heterocycles. The monoisotopic (exact) mass is 405 g/mol. The number of nitrogens with zero attached hydrogens (tertiary/aromatic N) is 3. The van der Waals surface area contributed by atoms with Crippen LogP contribution in [-0.4, -0.2) is 55.6 Å². The fourth-order valence-electron chi connectivity index (χ4n) is 3.72. The molecule has 0 unspecified atom stereocenters. The molecular weight excluding hydrogens is 386 g/mol. The summed E-state index contributed by atoms with van der Waals surface area (Å²) in [5.41, 5.74) is 3.84. The molecule has 1 aliphatic carbocycles. The zero-order chi connectivity index (χ0) is 20.9. The van der Waals surface area contributed by atoms with Gasteiger partial charge in [0.1, 0.15) is 12.7 Å². The first-order chi connectivity index (χ1) is 14.7. The van der Waals surface area contributed by atoms with Gasteiger partial charge in [0.2, 0.25) is 5.71 Å². The van der Waals surface area contributed by atoms with E-state index >= 15 is 0 Å². The lowest BCUT2D eigenvalue weighted by atomic mass is 9.98. The first-order valence-corrected chi connectivity index (χ1v) is 9.56. The summed E-state index contributed by atoms with van der Waals surface area (Å²) in [6, 6.07) is 17.6. The van der Waals surface area contributed by atoms with Gasteiger partial charge in [-0.3, -0.25) is 9.63 Å². The second kappa shape index (κ2) is 8.76. The molecule has 8 nitrogen and oxygen atoms in total. The second-order valence-corrected chi connectivity index (χ2v) is 6.84. The van der Waals surface area contributed by atoms with Crippen molar-refractivity contribution in [3.05, 3.63) is 59.7 Å². The van der Waals surface area contributed by atoms with Gasteiger partial charge in [-0.05, 0) is 22.3 Å². The Morgan fingerprint density at radius 1 is 1.07 bits per heavy atom. The summed E-state index contributed by atoms with van der Waals surface area (Å²) in [7, 11) is 0. The van der Waals surface area contributed by atoms with E-state index in [4.69, 9.17) is 14.7 Å². The largest absolute Gasteiger partial charge is 0.535 e. The number of carbonyl (C=O) groups excluding carboxylic acids is 2. The van der Waals surface area contributed by atoms with Crippen molar-refractivity contribution < 1.29 is 23.9 Å². The van der Waals surface area contributed by atoms with Gasteiger partial charge < -0.3 is 14.4 Å². The van der Waals surface area contributed by atoms with Gasteiger partial charge in [0, 0.05) is 19.0 Å². The molecule has 0 radical (unpaired) electrons. The predicted molar refractivity (Wildman–Crippen MR) is 107 cm³/mol. The topological polar surface area (TPSA) is 101 Å². The van der Waals surface area contributed by atoms with Gasteiger partial charge in [-0.25, -0.2) is 4.79 Å². The highest BCUT2D eigenvalue weighted by atomic mass is 16.8. The molecule has 1 fully saturated rings. The lowest BCUT2D eigenvalue weighted by Crippen LogP contribution is -2.43. The van der Waals surface area contributed by atoms with Gasteiger partial charge >= 0.3 is 6.16 Å². The van der Waals surface area contributed by atoms with Crippen molar-refractivity contribution in [3.8, 4) is 17.2 Å². The molecule has 2 aromatic carbocycles. The minimum atomic E-state index is -1.07. The normalized spacial score (nSPS) is 15.7. The van der Waals surface area contributed by atoms with E-state index in [-0.39, 0.29) is 12.5 Å². The third-order valence-corrected chi connectivity index (χ3v) is 5.15. The molecule has 30 heavy (non-hydrogen) atoms. The first kappa shape index (κ1) is 19.6. The van der Waals surface area contributed by atoms with E-state index in [0.717, 1.165) is 22.3 Å². The molecule has 4 rings (SSSR count). The third-order valence-electron chi connectivity index (χ3n) is 5.15. The quantitative estimate of drug-likeness (QED) is 0.335. The number of carbonyl (C=O) groups is 2. The maximum atomic E-state index is 12.3. The highest BCUT2D eigenvalue weighted by Crippen LogP contribution is 2.44. The Morgan fingerprint density at radius 3 is 2.27 bits per heavy atom. The molecule has 1 saturated heterocycles. The van der Waals surface area contributed by atoms with Crippen LogP contribution < -0.4 is 0 Å². The van der Waals surface area contributed by atoms with Gasteiger partial charge in [0.25, 0.3) is 5.91 Å². The van der Waals surface area contributed by atoms with Crippen LogP contribution in [0.15, 0.2) is 53.7 Å². The average Bonchev–Trinajstić information content (AvgIpc) is 3.12. The minimum Gasteiger partial charge on any atom is -0.432 e. The Hall–Kier alpha value is -3.70. The molecule has 152 valence electrons. The first-order valence-electron chi connectivity index (χ1n) is 9.56. The Bertz CT molecular complexity index is 992. The van der Waals surface area contributed by atoms with Crippen molar-refractivity contribution in [2.24, 2.45) is 5.16 Å². The Kier molecular flexibility index (Phi) is 5.72. The molecule has 1 aliphatic heterocycles. The molecule has 8 heteroatoms. The number of benzene rings is 2. The van der Waals surface area contributed by atoms with Crippen LogP contribution in [0, 0.1) is 11.3 Å². The van der Waals surface area contributed by atoms with E-state index < -0.39 is 17.8 Å². The fourth-order valence-corrected chi connectivity index (χ4v) is 3.72. The lowest BCUT2D eigenvalue weighted by Gasteiger charge is -2.25. The molecule has 0 atom stereocenters.